The first-order chi connectivity index (χ1) is 11.1. The van der Waals surface area contributed by atoms with Crippen LogP contribution < -0.4 is 4.74 Å². The molecule has 0 radical (unpaired) electrons. The number of ether oxygens (including phenoxy) is 2. The summed E-state index contributed by atoms with van der Waals surface area (Å²) in [6, 6.07) is 1.74. The van der Waals surface area contributed by atoms with Gasteiger partial charge in [-0.05, 0) is 13.8 Å². The van der Waals surface area contributed by atoms with E-state index in [9.17, 15) is 9.59 Å². The minimum Gasteiger partial charge on any atom is -0.474 e. The summed E-state index contributed by atoms with van der Waals surface area (Å²) in [5.41, 5.74) is 0. The highest BCUT2D eigenvalue weighted by atomic mass is 16.5. The van der Waals surface area contributed by atoms with Gasteiger partial charge >= 0.3 is 5.97 Å². The Kier molecular flexibility index (Phi) is 6.31. The number of carbonyl (C=O) groups excluding carboxylic acids is 2. The van der Waals surface area contributed by atoms with Crippen molar-refractivity contribution in [1.29, 1.82) is 0 Å². The average Bonchev–Trinajstić information content (AvgIpc) is 2.54. The Labute approximate surface area is 136 Å². The molecule has 2 heterocycles. The van der Waals surface area contributed by atoms with Gasteiger partial charge in [0, 0.05) is 44.6 Å². The van der Waals surface area contributed by atoms with Crippen molar-refractivity contribution >= 4 is 11.9 Å². The number of hydrogen-bond acceptors (Lipinski definition) is 6. The maximum absolute atomic E-state index is 12.1. The Balaban J connectivity index is 1.73. The van der Waals surface area contributed by atoms with Gasteiger partial charge in [0.25, 0.3) is 0 Å². The first-order valence-electron chi connectivity index (χ1n) is 7.98. The fraction of sp³-hybridized carbons (Fsp3) is 0.625. The van der Waals surface area contributed by atoms with Crippen molar-refractivity contribution in [2.24, 2.45) is 0 Å². The SMILES string of the molecule is CCOC(=O)CCC(=O)N1CCC(Oc2ccnc(C)n2)CC1. The van der Waals surface area contributed by atoms with Gasteiger partial charge in [-0.1, -0.05) is 0 Å². The molecule has 0 N–H and O–H groups in total. The molecule has 0 spiro atoms. The molecular weight excluding hydrogens is 298 g/mol. The quantitative estimate of drug-likeness (QED) is 0.739. The van der Waals surface area contributed by atoms with E-state index < -0.39 is 0 Å². The van der Waals surface area contributed by atoms with Crippen molar-refractivity contribution in [2.45, 2.75) is 45.6 Å². The molecule has 0 aromatic carbocycles. The van der Waals surface area contributed by atoms with Crippen LogP contribution in [0.2, 0.25) is 0 Å². The molecular formula is C16H23N3O4. The van der Waals surface area contributed by atoms with Crippen LogP contribution in [0, 0.1) is 6.92 Å². The normalized spacial score (nSPS) is 15.3. The van der Waals surface area contributed by atoms with Crippen LogP contribution in [-0.4, -0.2) is 52.5 Å². The molecule has 23 heavy (non-hydrogen) atoms. The molecule has 1 aliphatic heterocycles. The lowest BCUT2D eigenvalue weighted by Crippen LogP contribution is -2.42. The van der Waals surface area contributed by atoms with E-state index >= 15 is 0 Å². The number of amides is 1. The Morgan fingerprint density at radius 3 is 2.70 bits per heavy atom. The van der Waals surface area contributed by atoms with Gasteiger partial charge in [-0.2, -0.15) is 4.98 Å². The molecule has 1 aromatic heterocycles. The number of piperidine rings is 1. The predicted molar refractivity (Wildman–Crippen MR) is 82.9 cm³/mol. The van der Waals surface area contributed by atoms with Gasteiger partial charge in [-0.15, -0.1) is 0 Å². The molecule has 126 valence electrons. The van der Waals surface area contributed by atoms with Gasteiger partial charge in [0.1, 0.15) is 11.9 Å². The second-order valence-electron chi connectivity index (χ2n) is 5.45. The lowest BCUT2D eigenvalue weighted by molar-refractivity contribution is -0.146. The van der Waals surface area contributed by atoms with Crippen molar-refractivity contribution in [3.05, 3.63) is 18.1 Å². The molecule has 7 nitrogen and oxygen atoms in total. The van der Waals surface area contributed by atoms with Crippen LogP contribution >= 0.6 is 0 Å². The molecule has 0 aliphatic carbocycles. The predicted octanol–water partition coefficient (Wildman–Crippen LogP) is 1.50. The van der Waals surface area contributed by atoms with E-state index in [-0.39, 0.29) is 30.8 Å². The molecule has 0 atom stereocenters. The number of aromatic nitrogens is 2. The maximum Gasteiger partial charge on any atom is 0.306 e. The van der Waals surface area contributed by atoms with Gasteiger partial charge in [-0.3, -0.25) is 9.59 Å². The van der Waals surface area contributed by atoms with Gasteiger partial charge < -0.3 is 14.4 Å². The van der Waals surface area contributed by atoms with Gasteiger partial charge in [0.15, 0.2) is 0 Å². The van der Waals surface area contributed by atoms with Crippen LogP contribution in [0.3, 0.4) is 0 Å². The van der Waals surface area contributed by atoms with E-state index in [1.54, 1.807) is 24.1 Å². The maximum atomic E-state index is 12.1. The van der Waals surface area contributed by atoms with E-state index in [4.69, 9.17) is 9.47 Å². The Morgan fingerprint density at radius 2 is 2.04 bits per heavy atom. The highest BCUT2D eigenvalue weighted by molar-refractivity contribution is 5.81. The van der Waals surface area contributed by atoms with E-state index in [1.807, 2.05) is 6.92 Å². The molecule has 2 rings (SSSR count). The van der Waals surface area contributed by atoms with Crippen molar-refractivity contribution < 1.29 is 19.1 Å². The van der Waals surface area contributed by atoms with Crippen LogP contribution in [-0.2, 0) is 14.3 Å². The topological polar surface area (TPSA) is 81.6 Å². The number of aryl methyl sites for hydroxylation is 1. The van der Waals surface area contributed by atoms with Crippen LogP contribution in [0.5, 0.6) is 5.88 Å². The second kappa shape index (κ2) is 8.45. The zero-order chi connectivity index (χ0) is 16.7. The van der Waals surface area contributed by atoms with Crippen molar-refractivity contribution in [1.82, 2.24) is 14.9 Å². The second-order valence-corrected chi connectivity index (χ2v) is 5.45. The molecule has 1 fully saturated rings. The minimum absolute atomic E-state index is 0.00520. The summed E-state index contributed by atoms with van der Waals surface area (Å²) in [6.07, 6.45) is 3.59. The lowest BCUT2D eigenvalue weighted by atomic mass is 10.1. The first-order valence-corrected chi connectivity index (χ1v) is 7.98. The summed E-state index contributed by atoms with van der Waals surface area (Å²) in [7, 11) is 0. The van der Waals surface area contributed by atoms with Gasteiger partial charge in [0.2, 0.25) is 11.8 Å². The third-order valence-electron chi connectivity index (χ3n) is 3.68. The number of esters is 1. The Morgan fingerprint density at radius 1 is 1.30 bits per heavy atom. The molecule has 1 saturated heterocycles. The summed E-state index contributed by atoms with van der Waals surface area (Å²) in [6.45, 7) is 5.19. The third-order valence-corrected chi connectivity index (χ3v) is 3.68. The minimum atomic E-state index is -0.321. The van der Waals surface area contributed by atoms with E-state index in [0.717, 1.165) is 12.8 Å². The molecule has 0 bridgehead atoms. The summed E-state index contributed by atoms with van der Waals surface area (Å²) in [5.74, 6) is 0.922. The van der Waals surface area contributed by atoms with Crippen molar-refractivity contribution in [2.75, 3.05) is 19.7 Å². The Bertz CT molecular complexity index is 542. The smallest absolute Gasteiger partial charge is 0.306 e. The van der Waals surface area contributed by atoms with E-state index in [1.165, 1.54) is 0 Å². The number of carbonyl (C=O) groups is 2. The average molecular weight is 321 g/mol. The van der Waals surface area contributed by atoms with E-state index in [0.29, 0.717) is 31.4 Å². The highest BCUT2D eigenvalue weighted by Gasteiger charge is 2.24. The van der Waals surface area contributed by atoms with Crippen molar-refractivity contribution in [3.8, 4) is 5.88 Å². The fourth-order valence-electron chi connectivity index (χ4n) is 2.49. The van der Waals surface area contributed by atoms with Gasteiger partial charge in [-0.25, -0.2) is 4.98 Å². The van der Waals surface area contributed by atoms with Crippen LogP contribution in [0.4, 0.5) is 0 Å². The van der Waals surface area contributed by atoms with Crippen LogP contribution in [0.15, 0.2) is 12.3 Å². The third kappa shape index (κ3) is 5.50. The monoisotopic (exact) mass is 321 g/mol. The number of nitrogens with zero attached hydrogens (tertiary/aromatic N) is 3. The number of likely N-dealkylation sites (tertiary alicyclic amines) is 1. The van der Waals surface area contributed by atoms with Crippen molar-refractivity contribution in [3.63, 3.8) is 0 Å². The summed E-state index contributed by atoms with van der Waals surface area (Å²) in [4.78, 5) is 33.4. The van der Waals surface area contributed by atoms with E-state index in [2.05, 4.69) is 9.97 Å². The number of hydrogen-bond donors (Lipinski definition) is 0. The molecule has 7 heteroatoms. The molecule has 1 aliphatic rings. The summed E-state index contributed by atoms with van der Waals surface area (Å²) < 4.78 is 10.7. The Hall–Kier alpha value is -2.18. The summed E-state index contributed by atoms with van der Waals surface area (Å²) in [5, 5.41) is 0. The first kappa shape index (κ1) is 17.2. The zero-order valence-corrected chi connectivity index (χ0v) is 13.7. The molecule has 0 saturated carbocycles. The molecule has 0 unspecified atom stereocenters. The largest absolute Gasteiger partial charge is 0.474 e. The van der Waals surface area contributed by atoms with Crippen LogP contribution in [0.25, 0.3) is 0 Å². The summed E-state index contributed by atoms with van der Waals surface area (Å²) >= 11 is 0. The highest BCUT2D eigenvalue weighted by Crippen LogP contribution is 2.18. The standard InChI is InChI=1S/C16H23N3O4/c1-3-22-16(21)5-4-15(20)19-10-7-13(8-11-19)23-14-6-9-17-12(2)18-14/h6,9,13H,3-5,7-8,10-11H2,1-2H3. The molecule has 1 amide bonds. The number of rotatable bonds is 6. The fourth-order valence-corrected chi connectivity index (χ4v) is 2.49. The molecule has 1 aromatic rings. The van der Waals surface area contributed by atoms with Crippen LogP contribution in [0.1, 0.15) is 38.4 Å². The lowest BCUT2D eigenvalue weighted by Gasteiger charge is -2.32. The zero-order valence-electron chi connectivity index (χ0n) is 13.7. The van der Waals surface area contributed by atoms with Gasteiger partial charge in [0.05, 0.1) is 13.0 Å².